The summed E-state index contributed by atoms with van der Waals surface area (Å²) in [4.78, 5) is 25.3. The molecule has 1 aliphatic rings. The standard InChI is InChI=1S/C16H17BrN2O3S/c1-4-9(2)22-13-6-5-10(8-12(13)17)7-11-14(20)18-16(23)19(3)15(11)21/h5-9H,4H2,1-3H3,(H,18,20,23)/b11-7+/t9-/m0/s1. The SMILES string of the molecule is CC[C@H](C)Oc1ccc(/C=C2\C(=O)NC(=S)N(C)C2=O)cc1Br. The van der Waals surface area contributed by atoms with Crippen LogP contribution in [0, 0.1) is 0 Å². The van der Waals surface area contributed by atoms with Gasteiger partial charge in [0.05, 0.1) is 10.6 Å². The van der Waals surface area contributed by atoms with Crippen LogP contribution in [0.4, 0.5) is 0 Å². The van der Waals surface area contributed by atoms with Crippen molar-refractivity contribution in [2.45, 2.75) is 26.4 Å². The van der Waals surface area contributed by atoms with Crippen molar-refractivity contribution >= 4 is 51.2 Å². The molecule has 0 spiro atoms. The minimum atomic E-state index is -0.492. The maximum absolute atomic E-state index is 12.2. The van der Waals surface area contributed by atoms with Crippen molar-refractivity contribution in [2.75, 3.05) is 7.05 Å². The Morgan fingerprint density at radius 1 is 1.43 bits per heavy atom. The fourth-order valence-corrected chi connectivity index (χ4v) is 2.58. The summed E-state index contributed by atoms with van der Waals surface area (Å²) in [5.74, 6) is -0.192. The highest BCUT2D eigenvalue weighted by Gasteiger charge is 2.30. The zero-order chi connectivity index (χ0) is 17.1. The van der Waals surface area contributed by atoms with Gasteiger partial charge in [-0.05, 0) is 65.3 Å². The third-order valence-electron chi connectivity index (χ3n) is 3.47. The molecule has 1 aromatic carbocycles. The molecule has 2 amide bonds. The van der Waals surface area contributed by atoms with Gasteiger partial charge in [0.25, 0.3) is 11.8 Å². The molecule has 1 atom stereocenters. The number of rotatable bonds is 4. The number of nitrogens with one attached hydrogen (secondary N) is 1. The maximum Gasteiger partial charge on any atom is 0.265 e. The number of thiocarbonyl (C=S) groups is 1. The summed E-state index contributed by atoms with van der Waals surface area (Å²) in [7, 11) is 1.52. The lowest BCUT2D eigenvalue weighted by Crippen LogP contribution is -2.52. The number of ether oxygens (including phenoxy) is 1. The van der Waals surface area contributed by atoms with Gasteiger partial charge >= 0.3 is 0 Å². The van der Waals surface area contributed by atoms with Gasteiger partial charge in [0.15, 0.2) is 5.11 Å². The van der Waals surface area contributed by atoms with E-state index in [-0.39, 0.29) is 16.8 Å². The molecular formula is C16H17BrN2O3S. The summed E-state index contributed by atoms with van der Waals surface area (Å²) < 4.78 is 6.54. The van der Waals surface area contributed by atoms with Crippen LogP contribution >= 0.6 is 28.1 Å². The molecule has 0 aromatic heterocycles. The fourth-order valence-electron chi connectivity index (χ4n) is 1.91. The minimum absolute atomic E-state index is 0.0450. The van der Waals surface area contributed by atoms with Crippen LogP contribution in [0.2, 0.25) is 0 Å². The van der Waals surface area contributed by atoms with Gasteiger partial charge in [0, 0.05) is 7.05 Å². The molecule has 0 radical (unpaired) electrons. The molecular weight excluding hydrogens is 380 g/mol. The Labute approximate surface area is 148 Å². The molecule has 1 N–H and O–H groups in total. The molecule has 1 aliphatic heterocycles. The number of nitrogens with zero attached hydrogens (tertiary/aromatic N) is 1. The summed E-state index contributed by atoms with van der Waals surface area (Å²) in [5, 5.41) is 2.59. The molecule has 1 heterocycles. The van der Waals surface area contributed by atoms with E-state index >= 15 is 0 Å². The Bertz CT molecular complexity index is 703. The lowest BCUT2D eigenvalue weighted by atomic mass is 10.1. The lowest BCUT2D eigenvalue weighted by molar-refractivity contribution is -0.128. The maximum atomic E-state index is 12.2. The molecule has 122 valence electrons. The van der Waals surface area contributed by atoms with Crippen LogP contribution in [0.25, 0.3) is 6.08 Å². The van der Waals surface area contributed by atoms with Gasteiger partial charge in [-0.2, -0.15) is 0 Å². The molecule has 7 heteroatoms. The highest BCUT2D eigenvalue weighted by molar-refractivity contribution is 9.10. The van der Waals surface area contributed by atoms with Gasteiger partial charge in [0.2, 0.25) is 0 Å². The molecule has 5 nitrogen and oxygen atoms in total. The van der Waals surface area contributed by atoms with Crippen LogP contribution in [-0.4, -0.2) is 35.0 Å². The third-order valence-corrected chi connectivity index (χ3v) is 4.47. The molecule has 0 unspecified atom stereocenters. The number of hydrogen-bond acceptors (Lipinski definition) is 4. The first-order valence-corrected chi connectivity index (χ1v) is 8.34. The number of likely N-dealkylation sites (N-methyl/N-ethyl adjacent to an activating group) is 1. The Hall–Kier alpha value is -1.73. The van der Waals surface area contributed by atoms with Gasteiger partial charge in [-0.15, -0.1) is 0 Å². The van der Waals surface area contributed by atoms with E-state index in [2.05, 4.69) is 21.2 Å². The fraction of sp³-hybridized carbons (Fsp3) is 0.312. The van der Waals surface area contributed by atoms with Crippen molar-refractivity contribution in [1.82, 2.24) is 10.2 Å². The predicted molar refractivity (Wildman–Crippen MR) is 96.0 cm³/mol. The molecule has 0 saturated carbocycles. The lowest BCUT2D eigenvalue weighted by Gasteiger charge is -2.25. The zero-order valence-corrected chi connectivity index (χ0v) is 15.5. The number of benzene rings is 1. The summed E-state index contributed by atoms with van der Waals surface area (Å²) >= 11 is 8.36. The highest BCUT2D eigenvalue weighted by Crippen LogP contribution is 2.28. The number of hydrogen-bond donors (Lipinski definition) is 1. The first-order valence-electron chi connectivity index (χ1n) is 7.14. The van der Waals surface area contributed by atoms with Gasteiger partial charge < -0.3 is 4.74 Å². The van der Waals surface area contributed by atoms with E-state index in [9.17, 15) is 9.59 Å². The molecule has 2 rings (SSSR count). The van der Waals surface area contributed by atoms with E-state index < -0.39 is 11.8 Å². The number of amides is 2. The second-order valence-electron chi connectivity index (χ2n) is 5.21. The van der Waals surface area contributed by atoms with E-state index in [0.717, 1.165) is 16.6 Å². The molecule has 1 saturated heterocycles. The number of carbonyl (C=O) groups excluding carboxylic acids is 2. The summed E-state index contributed by atoms with van der Waals surface area (Å²) in [5.41, 5.74) is 0.761. The van der Waals surface area contributed by atoms with Crippen LogP contribution in [0.15, 0.2) is 28.2 Å². The van der Waals surface area contributed by atoms with Crippen LogP contribution < -0.4 is 10.1 Å². The Kier molecular flexibility index (Phi) is 5.54. The Morgan fingerprint density at radius 2 is 2.13 bits per heavy atom. The highest BCUT2D eigenvalue weighted by atomic mass is 79.9. The van der Waals surface area contributed by atoms with Crippen LogP contribution in [0.3, 0.4) is 0 Å². The first kappa shape index (κ1) is 17.6. The topological polar surface area (TPSA) is 58.6 Å². The molecule has 1 aromatic rings. The zero-order valence-electron chi connectivity index (χ0n) is 13.1. The second-order valence-corrected chi connectivity index (χ2v) is 6.45. The summed E-state index contributed by atoms with van der Waals surface area (Å²) in [6.45, 7) is 4.04. The minimum Gasteiger partial charge on any atom is -0.490 e. The first-order chi connectivity index (χ1) is 10.8. The number of carbonyl (C=O) groups is 2. The normalized spacial score (nSPS) is 18.2. The van der Waals surface area contributed by atoms with E-state index in [1.807, 2.05) is 19.9 Å². The van der Waals surface area contributed by atoms with Crippen molar-refractivity contribution in [3.63, 3.8) is 0 Å². The van der Waals surface area contributed by atoms with E-state index in [1.54, 1.807) is 12.1 Å². The monoisotopic (exact) mass is 396 g/mol. The van der Waals surface area contributed by atoms with Crippen molar-refractivity contribution in [2.24, 2.45) is 0 Å². The van der Waals surface area contributed by atoms with Crippen molar-refractivity contribution < 1.29 is 14.3 Å². The molecule has 0 aliphatic carbocycles. The second kappa shape index (κ2) is 7.23. The third kappa shape index (κ3) is 3.97. The Morgan fingerprint density at radius 3 is 2.74 bits per heavy atom. The van der Waals surface area contributed by atoms with Crippen LogP contribution in [0.1, 0.15) is 25.8 Å². The molecule has 23 heavy (non-hydrogen) atoms. The predicted octanol–water partition coefficient (Wildman–Crippen LogP) is 2.88. The van der Waals surface area contributed by atoms with Crippen LogP contribution in [0.5, 0.6) is 5.75 Å². The number of halogens is 1. The largest absolute Gasteiger partial charge is 0.490 e. The smallest absolute Gasteiger partial charge is 0.265 e. The van der Waals surface area contributed by atoms with Crippen LogP contribution in [-0.2, 0) is 9.59 Å². The molecule has 1 fully saturated rings. The van der Waals surface area contributed by atoms with Gasteiger partial charge in [-0.1, -0.05) is 13.0 Å². The quantitative estimate of drug-likeness (QED) is 0.482. The van der Waals surface area contributed by atoms with Crippen molar-refractivity contribution in [1.29, 1.82) is 0 Å². The van der Waals surface area contributed by atoms with Gasteiger partial charge in [0.1, 0.15) is 11.3 Å². The van der Waals surface area contributed by atoms with Gasteiger partial charge in [-0.3, -0.25) is 19.8 Å². The van der Waals surface area contributed by atoms with Gasteiger partial charge in [-0.25, -0.2) is 0 Å². The van der Waals surface area contributed by atoms with E-state index in [4.69, 9.17) is 17.0 Å². The van der Waals surface area contributed by atoms with E-state index in [1.165, 1.54) is 18.0 Å². The summed E-state index contributed by atoms with van der Waals surface area (Å²) in [6, 6.07) is 5.41. The van der Waals surface area contributed by atoms with Crippen molar-refractivity contribution in [3.05, 3.63) is 33.8 Å². The average molecular weight is 397 g/mol. The molecule has 0 bridgehead atoms. The van der Waals surface area contributed by atoms with Crippen molar-refractivity contribution in [3.8, 4) is 5.75 Å². The summed E-state index contributed by atoms with van der Waals surface area (Å²) in [6.07, 6.45) is 2.54. The average Bonchev–Trinajstić information content (AvgIpc) is 2.51. The van der Waals surface area contributed by atoms with E-state index in [0.29, 0.717) is 5.56 Å². The Balaban J connectivity index is 2.29.